The highest BCUT2D eigenvalue weighted by molar-refractivity contribution is 5.76. The van der Waals surface area contributed by atoms with Gasteiger partial charge in [-0.3, -0.25) is 4.79 Å². The number of nitrogens with one attached hydrogen (secondary N) is 1. The van der Waals surface area contributed by atoms with E-state index in [9.17, 15) is 30.3 Å². The number of hydrogen-bond donors (Lipinski definition) is 6. The van der Waals surface area contributed by atoms with Crippen molar-refractivity contribution in [3.05, 3.63) is 97.2 Å². The zero-order valence-corrected chi connectivity index (χ0v) is 53.0. The van der Waals surface area contributed by atoms with Crippen molar-refractivity contribution in [2.75, 3.05) is 13.2 Å². The van der Waals surface area contributed by atoms with Crippen LogP contribution in [0, 0.1) is 0 Å². The van der Waals surface area contributed by atoms with Gasteiger partial charge in [0.05, 0.1) is 25.4 Å². The highest BCUT2D eigenvalue weighted by atomic mass is 16.7. The summed E-state index contributed by atoms with van der Waals surface area (Å²) >= 11 is 0. The minimum absolute atomic E-state index is 0.184. The van der Waals surface area contributed by atoms with Gasteiger partial charge in [0.1, 0.15) is 24.4 Å². The molecule has 0 aromatic carbocycles. The van der Waals surface area contributed by atoms with Gasteiger partial charge in [0, 0.05) is 6.42 Å². The molecule has 1 aliphatic rings. The predicted molar refractivity (Wildman–Crippen MR) is 350 cm³/mol. The summed E-state index contributed by atoms with van der Waals surface area (Å²) in [6.07, 6.45) is 82.1. The summed E-state index contributed by atoms with van der Waals surface area (Å²) in [6.45, 7) is 3.69. The second-order valence-corrected chi connectivity index (χ2v) is 23.6. The van der Waals surface area contributed by atoms with Gasteiger partial charge in [0.2, 0.25) is 5.91 Å². The Morgan fingerprint density at radius 3 is 1.12 bits per heavy atom. The first-order chi connectivity index (χ1) is 40.3. The molecule has 1 saturated heterocycles. The standard InChI is InChI=1S/C73H129NO8/c1-3-5-7-9-11-13-15-17-19-21-23-25-27-29-31-33-34-35-37-39-41-43-45-47-49-51-53-55-57-59-61-63-69(77)74-66(65-81-73-72(80)71(79)70(78)68(64-75)82-73)67(76)62-60-58-56-54-52-50-48-46-44-42-40-38-36-32-30-28-26-24-22-20-18-16-14-12-10-8-6-4-2/h5,7,11,13,17,19,23,25,29,31,34-35,39,41,60,62,66-68,70-73,75-76,78-80H,3-4,6,8-10,12,14-16,18,20-22,24,26-28,30,32-33,36-38,40,42-59,61,63-65H2,1-2H3,(H,74,77)/b7-5-,13-11-,19-17-,25-23-,31-29-,35-34-,41-39-,62-60+. The number of hydrogen-bond acceptors (Lipinski definition) is 8. The van der Waals surface area contributed by atoms with Gasteiger partial charge in [-0.15, -0.1) is 0 Å². The largest absolute Gasteiger partial charge is 0.394 e. The van der Waals surface area contributed by atoms with Crippen molar-refractivity contribution in [1.29, 1.82) is 0 Å². The molecule has 0 aromatic rings. The van der Waals surface area contributed by atoms with Crippen LogP contribution < -0.4 is 5.32 Å². The summed E-state index contributed by atoms with van der Waals surface area (Å²) in [6, 6.07) is -0.817. The lowest BCUT2D eigenvalue weighted by Crippen LogP contribution is -2.60. The number of aliphatic hydroxyl groups excluding tert-OH is 5. The van der Waals surface area contributed by atoms with Crippen LogP contribution in [0.4, 0.5) is 0 Å². The Hall–Kier alpha value is -2.89. The molecule has 1 amide bonds. The minimum atomic E-state index is -1.57. The summed E-state index contributed by atoms with van der Waals surface area (Å²) in [5, 5.41) is 54.8. The average molecular weight is 1150 g/mol. The number of unbranched alkanes of at least 4 members (excludes halogenated alkanes) is 35. The van der Waals surface area contributed by atoms with Gasteiger partial charge < -0.3 is 40.3 Å². The number of carbonyl (C=O) groups excluding carboxylic acids is 1. The van der Waals surface area contributed by atoms with Gasteiger partial charge >= 0.3 is 0 Å². The summed E-state index contributed by atoms with van der Waals surface area (Å²) in [7, 11) is 0. The molecule has 1 aliphatic heterocycles. The maximum absolute atomic E-state index is 13.1. The predicted octanol–water partition coefficient (Wildman–Crippen LogP) is 18.7. The van der Waals surface area contributed by atoms with E-state index >= 15 is 0 Å². The summed E-state index contributed by atoms with van der Waals surface area (Å²) < 4.78 is 11.3. The normalized spacial score (nSPS) is 18.9. The third-order valence-corrected chi connectivity index (χ3v) is 15.9. The fourth-order valence-corrected chi connectivity index (χ4v) is 10.6. The first-order valence-corrected chi connectivity index (χ1v) is 34.5. The number of ether oxygens (including phenoxy) is 2. The Kier molecular flexibility index (Phi) is 57.6. The second kappa shape index (κ2) is 61.2. The van der Waals surface area contributed by atoms with Crippen LogP contribution in [0.15, 0.2) is 97.2 Å². The number of amides is 1. The molecule has 0 aromatic heterocycles. The van der Waals surface area contributed by atoms with E-state index in [-0.39, 0.29) is 12.5 Å². The average Bonchev–Trinajstić information content (AvgIpc) is 3.52. The molecule has 0 spiro atoms. The maximum atomic E-state index is 13.1. The monoisotopic (exact) mass is 1150 g/mol. The van der Waals surface area contributed by atoms with Crippen LogP contribution in [0.2, 0.25) is 0 Å². The lowest BCUT2D eigenvalue weighted by molar-refractivity contribution is -0.302. The van der Waals surface area contributed by atoms with Gasteiger partial charge in [-0.05, 0) is 77.0 Å². The van der Waals surface area contributed by atoms with Crippen molar-refractivity contribution in [1.82, 2.24) is 5.32 Å². The van der Waals surface area contributed by atoms with Gasteiger partial charge in [0.15, 0.2) is 6.29 Å². The van der Waals surface area contributed by atoms with E-state index in [1.165, 1.54) is 186 Å². The molecule has 6 N–H and O–H groups in total. The van der Waals surface area contributed by atoms with Crippen molar-refractivity contribution < 1.29 is 39.8 Å². The van der Waals surface area contributed by atoms with Crippen LogP contribution in [-0.2, 0) is 14.3 Å². The maximum Gasteiger partial charge on any atom is 0.220 e. The Balaban J connectivity index is 2.17. The quantitative estimate of drug-likeness (QED) is 0.0261. The third-order valence-electron chi connectivity index (χ3n) is 15.9. The Bertz CT molecular complexity index is 1620. The van der Waals surface area contributed by atoms with Crippen LogP contribution in [0.25, 0.3) is 0 Å². The molecule has 474 valence electrons. The van der Waals surface area contributed by atoms with Crippen LogP contribution in [0.3, 0.4) is 0 Å². The Morgan fingerprint density at radius 2 is 0.756 bits per heavy atom. The Labute approximate surface area is 504 Å². The van der Waals surface area contributed by atoms with Crippen molar-refractivity contribution in [3.63, 3.8) is 0 Å². The fraction of sp³-hybridized carbons (Fsp3) is 0.767. The van der Waals surface area contributed by atoms with Crippen LogP contribution >= 0.6 is 0 Å². The second-order valence-electron chi connectivity index (χ2n) is 23.6. The van der Waals surface area contributed by atoms with Gasteiger partial charge in [-0.25, -0.2) is 0 Å². The van der Waals surface area contributed by atoms with E-state index < -0.39 is 49.5 Å². The number of allylic oxidation sites excluding steroid dienone is 15. The highest BCUT2D eigenvalue weighted by Gasteiger charge is 2.44. The topological polar surface area (TPSA) is 149 Å². The van der Waals surface area contributed by atoms with Crippen molar-refractivity contribution in [2.24, 2.45) is 0 Å². The molecule has 0 bridgehead atoms. The van der Waals surface area contributed by atoms with Crippen molar-refractivity contribution in [3.8, 4) is 0 Å². The molecule has 82 heavy (non-hydrogen) atoms. The summed E-state index contributed by atoms with van der Waals surface area (Å²) in [4.78, 5) is 13.1. The smallest absolute Gasteiger partial charge is 0.220 e. The zero-order chi connectivity index (χ0) is 59.3. The van der Waals surface area contributed by atoms with E-state index in [1.54, 1.807) is 6.08 Å². The molecule has 0 radical (unpaired) electrons. The Morgan fingerprint density at radius 1 is 0.427 bits per heavy atom. The molecule has 9 heteroatoms. The third kappa shape index (κ3) is 49.4. The van der Waals surface area contributed by atoms with E-state index in [2.05, 4.69) is 104 Å². The molecule has 9 nitrogen and oxygen atoms in total. The molecule has 0 saturated carbocycles. The first-order valence-electron chi connectivity index (χ1n) is 34.5. The lowest BCUT2D eigenvalue weighted by Gasteiger charge is -2.40. The van der Waals surface area contributed by atoms with E-state index in [1.807, 2.05) is 6.08 Å². The van der Waals surface area contributed by atoms with Crippen LogP contribution in [-0.4, -0.2) is 87.5 Å². The first kappa shape index (κ1) is 77.1. The molecule has 0 aliphatic carbocycles. The molecular weight excluding hydrogens is 1020 g/mol. The van der Waals surface area contributed by atoms with Crippen molar-refractivity contribution >= 4 is 5.91 Å². The van der Waals surface area contributed by atoms with Crippen LogP contribution in [0.1, 0.15) is 303 Å². The van der Waals surface area contributed by atoms with E-state index in [0.29, 0.717) is 6.42 Å². The minimum Gasteiger partial charge on any atom is -0.394 e. The highest BCUT2D eigenvalue weighted by Crippen LogP contribution is 2.23. The fourth-order valence-electron chi connectivity index (χ4n) is 10.6. The summed E-state index contributed by atoms with van der Waals surface area (Å²) in [5.74, 6) is -0.184. The van der Waals surface area contributed by atoms with Gasteiger partial charge in [0.25, 0.3) is 0 Å². The molecule has 7 atom stereocenters. The SMILES string of the molecule is CC/C=C\C/C=C\C/C=C\C/C=C\C/C=C\C/C=C\C/C=C\CCCCCCCCCCCC(=O)NC(COC1OC(CO)C(O)C(O)C1O)C(O)/C=C/CCCCCCCCCCCCCCCCCCCCCCCCCCCC. The number of aliphatic hydroxyl groups is 5. The lowest BCUT2D eigenvalue weighted by atomic mass is 9.99. The number of carbonyl (C=O) groups is 1. The molecule has 1 heterocycles. The van der Waals surface area contributed by atoms with E-state index in [4.69, 9.17) is 9.47 Å². The zero-order valence-electron chi connectivity index (χ0n) is 53.0. The van der Waals surface area contributed by atoms with Crippen LogP contribution in [0.5, 0.6) is 0 Å². The number of rotatable bonds is 59. The molecular formula is C73H129NO8. The summed E-state index contributed by atoms with van der Waals surface area (Å²) in [5.41, 5.74) is 0. The molecule has 1 fully saturated rings. The molecule has 1 rings (SSSR count). The van der Waals surface area contributed by atoms with Crippen molar-refractivity contribution in [2.45, 2.75) is 346 Å². The van der Waals surface area contributed by atoms with E-state index in [0.717, 1.165) is 96.3 Å². The van der Waals surface area contributed by atoms with Gasteiger partial charge in [-0.2, -0.15) is 0 Å². The van der Waals surface area contributed by atoms with Gasteiger partial charge in [-0.1, -0.05) is 317 Å². The molecule has 7 unspecified atom stereocenters.